The number of hydrogen-bond acceptors (Lipinski definition) is 2. The molecule has 0 radical (unpaired) electrons. The van der Waals surface area contributed by atoms with Crippen molar-refractivity contribution in [2.24, 2.45) is 0 Å². The molecule has 1 aromatic carbocycles. The molecule has 0 aliphatic carbocycles. The van der Waals surface area contributed by atoms with Gasteiger partial charge in [-0.25, -0.2) is 4.39 Å². The predicted octanol–water partition coefficient (Wildman–Crippen LogP) is 2.08. The molecular formula is C13H14FNO2. The van der Waals surface area contributed by atoms with E-state index in [0.29, 0.717) is 13.0 Å². The van der Waals surface area contributed by atoms with Gasteiger partial charge in [0.25, 0.3) is 0 Å². The second kappa shape index (κ2) is 4.65. The fourth-order valence-corrected chi connectivity index (χ4v) is 2.19. The zero-order chi connectivity index (χ0) is 12.4. The summed E-state index contributed by atoms with van der Waals surface area (Å²) in [4.78, 5) is 24.1. The molecule has 1 saturated heterocycles. The lowest BCUT2D eigenvalue weighted by molar-refractivity contribution is -0.145. The van der Waals surface area contributed by atoms with Crippen molar-refractivity contribution < 1.29 is 14.0 Å². The highest BCUT2D eigenvalue weighted by Gasteiger charge is 2.28. The van der Waals surface area contributed by atoms with Crippen molar-refractivity contribution >= 4 is 11.8 Å². The molecule has 1 unspecified atom stereocenters. The normalized spacial score (nSPS) is 20.5. The first-order valence-corrected chi connectivity index (χ1v) is 5.64. The Morgan fingerprint density at radius 3 is 2.53 bits per heavy atom. The Morgan fingerprint density at radius 2 is 2.00 bits per heavy atom. The number of likely N-dealkylation sites (tertiary alicyclic amines) is 1. The van der Waals surface area contributed by atoms with Crippen LogP contribution in [0.5, 0.6) is 0 Å². The molecule has 1 heterocycles. The van der Waals surface area contributed by atoms with Crippen molar-refractivity contribution in [1.29, 1.82) is 0 Å². The molecule has 1 atom stereocenters. The van der Waals surface area contributed by atoms with Crippen molar-refractivity contribution in [2.45, 2.75) is 25.7 Å². The first-order valence-electron chi connectivity index (χ1n) is 5.64. The van der Waals surface area contributed by atoms with Gasteiger partial charge < -0.3 is 0 Å². The third kappa shape index (κ3) is 2.52. The van der Waals surface area contributed by atoms with Gasteiger partial charge in [0.15, 0.2) is 0 Å². The third-order valence-corrected chi connectivity index (χ3v) is 3.14. The van der Waals surface area contributed by atoms with Gasteiger partial charge in [-0.05, 0) is 30.0 Å². The van der Waals surface area contributed by atoms with Crippen LogP contribution in [0.4, 0.5) is 4.39 Å². The Kier molecular flexibility index (Phi) is 3.22. The van der Waals surface area contributed by atoms with Crippen LogP contribution < -0.4 is 0 Å². The molecule has 90 valence electrons. The van der Waals surface area contributed by atoms with E-state index in [0.717, 1.165) is 12.0 Å². The number of halogens is 1. The van der Waals surface area contributed by atoms with E-state index in [9.17, 15) is 14.0 Å². The number of carbonyl (C=O) groups is 2. The smallest absolute Gasteiger partial charge is 0.229 e. The molecule has 0 saturated carbocycles. The molecule has 1 aliphatic rings. The zero-order valence-electron chi connectivity index (χ0n) is 9.65. The Hall–Kier alpha value is -1.71. The van der Waals surface area contributed by atoms with Gasteiger partial charge in [0, 0.05) is 19.9 Å². The number of carbonyl (C=O) groups excluding carboxylic acids is 2. The van der Waals surface area contributed by atoms with Gasteiger partial charge in [-0.3, -0.25) is 14.5 Å². The van der Waals surface area contributed by atoms with Gasteiger partial charge in [0.05, 0.1) is 0 Å². The van der Waals surface area contributed by atoms with E-state index in [-0.39, 0.29) is 23.5 Å². The van der Waals surface area contributed by atoms with Crippen molar-refractivity contribution in [3.8, 4) is 0 Å². The third-order valence-electron chi connectivity index (χ3n) is 3.14. The summed E-state index contributed by atoms with van der Waals surface area (Å²) in [5.74, 6) is -0.523. The molecule has 0 bridgehead atoms. The van der Waals surface area contributed by atoms with Crippen LogP contribution in [0.1, 0.15) is 31.2 Å². The predicted molar refractivity (Wildman–Crippen MR) is 60.8 cm³/mol. The number of nitrogens with zero attached hydrogens (tertiary/aromatic N) is 1. The minimum absolute atomic E-state index is 0.0960. The first kappa shape index (κ1) is 11.8. The van der Waals surface area contributed by atoms with Gasteiger partial charge in [0.2, 0.25) is 11.8 Å². The maximum atomic E-state index is 12.8. The molecular weight excluding hydrogens is 221 g/mol. The highest BCUT2D eigenvalue weighted by atomic mass is 19.1. The van der Waals surface area contributed by atoms with Crippen molar-refractivity contribution in [1.82, 2.24) is 4.90 Å². The van der Waals surface area contributed by atoms with Crippen LogP contribution in [-0.4, -0.2) is 23.3 Å². The molecule has 0 N–H and O–H groups in total. The summed E-state index contributed by atoms with van der Waals surface area (Å²) in [6, 6.07) is 6.21. The molecule has 0 aromatic heterocycles. The number of amides is 2. The summed E-state index contributed by atoms with van der Waals surface area (Å²) in [7, 11) is 0. The summed E-state index contributed by atoms with van der Waals surface area (Å²) in [5, 5.41) is 0. The molecule has 1 fully saturated rings. The summed E-state index contributed by atoms with van der Waals surface area (Å²) in [5.41, 5.74) is 0.961. The molecule has 0 spiro atoms. The minimum Gasteiger partial charge on any atom is -0.283 e. The average molecular weight is 235 g/mol. The van der Waals surface area contributed by atoms with Crippen LogP contribution >= 0.6 is 0 Å². The second-order valence-electron chi connectivity index (χ2n) is 4.31. The molecule has 2 rings (SSSR count). The lowest BCUT2D eigenvalue weighted by Gasteiger charge is -2.29. The van der Waals surface area contributed by atoms with Crippen LogP contribution in [-0.2, 0) is 9.59 Å². The van der Waals surface area contributed by atoms with Crippen LogP contribution in [0, 0.1) is 5.82 Å². The van der Waals surface area contributed by atoms with E-state index < -0.39 is 0 Å². The van der Waals surface area contributed by atoms with E-state index in [1.54, 1.807) is 12.1 Å². The van der Waals surface area contributed by atoms with Crippen LogP contribution in [0.25, 0.3) is 0 Å². The van der Waals surface area contributed by atoms with Gasteiger partial charge in [-0.1, -0.05) is 12.1 Å². The molecule has 1 aromatic rings. The maximum absolute atomic E-state index is 12.8. The molecule has 1 aliphatic heterocycles. The lowest BCUT2D eigenvalue weighted by Crippen LogP contribution is -2.41. The highest BCUT2D eigenvalue weighted by Crippen LogP contribution is 2.28. The lowest BCUT2D eigenvalue weighted by atomic mass is 9.89. The topological polar surface area (TPSA) is 37.4 Å². The van der Waals surface area contributed by atoms with Crippen molar-refractivity contribution in [3.63, 3.8) is 0 Å². The Morgan fingerprint density at radius 1 is 1.35 bits per heavy atom. The molecule has 17 heavy (non-hydrogen) atoms. The minimum atomic E-state index is -0.277. The molecule has 4 heteroatoms. The number of benzene rings is 1. The van der Waals surface area contributed by atoms with Crippen molar-refractivity contribution in [2.75, 3.05) is 6.54 Å². The van der Waals surface area contributed by atoms with Gasteiger partial charge in [-0.15, -0.1) is 0 Å². The Balaban J connectivity index is 2.09. The average Bonchev–Trinajstić information content (AvgIpc) is 2.29. The SMILES string of the molecule is CC(=O)N1CCC(c2ccc(F)cc2)CC1=O. The monoisotopic (exact) mass is 235 g/mol. The maximum Gasteiger partial charge on any atom is 0.229 e. The zero-order valence-corrected chi connectivity index (χ0v) is 9.65. The number of imide groups is 1. The standard InChI is InChI=1S/C13H14FNO2/c1-9(16)15-7-6-11(8-13(15)17)10-2-4-12(14)5-3-10/h2-5,11H,6-8H2,1H3. The number of rotatable bonds is 1. The van der Waals surface area contributed by atoms with E-state index in [1.165, 1.54) is 24.0 Å². The van der Waals surface area contributed by atoms with Gasteiger partial charge in [-0.2, -0.15) is 0 Å². The number of hydrogen-bond donors (Lipinski definition) is 0. The van der Waals surface area contributed by atoms with E-state index in [2.05, 4.69) is 0 Å². The van der Waals surface area contributed by atoms with Crippen LogP contribution in [0.2, 0.25) is 0 Å². The summed E-state index contributed by atoms with van der Waals surface area (Å²) >= 11 is 0. The Labute approximate surface area is 99.2 Å². The summed E-state index contributed by atoms with van der Waals surface area (Å²) in [6.45, 7) is 1.85. The molecule has 2 amide bonds. The largest absolute Gasteiger partial charge is 0.283 e. The van der Waals surface area contributed by atoms with Crippen molar-refractivity contribution in [3.05, 3.63) is 35.6 Å². The fraction of sp³-hybridized carbons (Fsp3) is 0.385. The van der Waals surface area contributed by atoms with E-state index in [1.807, 2.05) is 0 Å². The van der Waals surface area contributed by atoms with E-state index in [4.69, 9.17) is 0 Å². The highest BCUT2D eigenvalue weighted by molar-refractivity contribution is 5.95. The second-order valence-corrected chi connectivity index (χ2v) is 4.31. The summed E-state index contributed by atoms with van der Waals surface area (Å²) in [6.07, 6.45) is 1.07. The fourth-order valence-electron chi connectivity index (χ4n) is 2.19. The summed E-state index contributed by atoms with van der Waals surface area (Å²) < 4.78 is 12.8. The number of piperidine rings is 1. The quantitative estimate of drug-likeness (QED) is 0.747. The first-order chi connectivity index (χ1) is 8.08. The Bertz CT molecular complexity index is 441. The van der Waals surface area contributed by atoms with E-state index >= 15 is 0 Å². The van der Waals surface area contributed by atoms with Gasteiger partial charge in [0.1, 0.15) is 5.82 Å². The van der Waals surface area contributed by atoms with Crippen LogP contribution in [0.15, 0.2) is 24.3 Å². The molecule has 3 nitrogen and oxygen atoms in total. The van der Waals surface area contributed by atoms with Gasteiger partial charge >= 0.3 is 0 Å². The van der Waals surface area contributed by atoms with Crippen LogP contribution in [0.3, 0.4) is 0 Å².